The molecule has 0 unspecified atom stereocenters. The van der Waals surface area contributed by atoms with Crippen LogP contribution in [0, 0.1) is 0 Å². The standard InChI is InChI=1S/C15H28O10P2/c1-7-22-26(18,23-8-2)15(27(19,24-9-3)25-10-4)12(14(17)21-6)11-13(16)20-5/h11,15H,7-10H2,1-6H3/b12-11+. The first-order valence-electron chi connectivity index (χ1n) is 8.34. The van der Waals surface area contributed by atoms with Gasteiger partial charge >= 0.3 is 27.1 Å². The molecule has 0 aliphatic carbocycles. The van der Waals surface area contributed by atoms with Gasteiger partial charge in [-0.1, -0.05) is 0 Å². The fourth-order valence-corrected chi connectivity index (χ4v) is 7.51. The van der Waals surface area contributed by atoms with Gasteiger partial charge < -0.3 is 27.6 Å². The average molecular weight is 430 g/mol. The van der Waals surface area contributed by atoms with Crippen molar-refractivity contribution in [3.05, 3.63) is 11.6 Å². The van der Waals surface area contributed by atoms with Crippen LogP contribution in [0.1, 0.15) is 27.7 Å². The summed E-state index contributed by atoms with van der Waals surface area (Å²) >= 11 is 0. The highest BCUT2D eigenvalue weighted by Gasteiger charge is 2.55. The second-order valence-corrected chi connectivity index (χ2v) is 9.37. The van der Waals surface area contributed by atoms with E-state index in [0.29, 0.717) is 6.08 Å². The number of methoxy groups -OCH3 is 2. The molecule has 0 heterocycles. The van der Waals surface area contributed by atoms with Gasteiger partial charge in [0.05, 0.1) is 46.2 Å². The van der Waals surface area contributed by atoms with Gasteiger partial charge in [-0.05, 0) is 27.7 Å². The van der Waals surface area contributed by atoms with Crippen molar-refractivity contribution in [3.8, 4) is 0 Å². The van der Waals surface area contributed by atoms with E-state index in [1.165, 1.54) is 27.7 Å². The van der Waals surface area contributed by atoms with Crippen LogP contribution in [0.4, 0.5) is 0 Å². The van der Waals surface area contributed by atoms with E-state index >= 15 is 0 Å². The Labute approximate surface area is 159 Å². The highest BCUT2D eigenvalue weighted by molar-refractivity contribution is 7.73. The van der Waals surface area contributed by atoms with Crippen LogP contribution in [0.25, 0.3) is 0 Å². The first-order valence-corrected chi connectivity index (χ1v) is 11.6. The lowest BCUT2D eigenvalue weighted by atomic mass is 10.3. The van der Waals surface area contributed by atoms with Gasteiger partial charge in [0.2, 0.25) is 0 Å². The topological polar surface area (TPSA) is 124 Å². The zero-order chi connectivity index (χ0) is 21.1. The van der Waals surface area contributed by atoms with Gasteiger partial charge in [0.15, 0.2) is 5.40 Å². The van der Waals surface area contributed by atoms with Crippen molar-refractivity contribution in [2.24, 2.45) is 0 Å². The van der Waals surface area contributed by atoms with Gasteiger partial charge in [-0.2, -0.15) is 0 Å². The maximum Gasteiger partial charge on any atom is 0.350 e. The molecule has 10 nitrogen and oxygen atoms in total. The van der Waals surface area contributed by atoms with Crippen molar-refractivity contribution in [3.63, 3.8) is 0 Å². The minimum absolute atomic E-state index is 0.0846. The smallest absolute Gasteiger partial charge is 0.350 e. The zero-order valence-corrected chi connectivity index (χ0v) is 18.2. The summed E-state index contributed by atoms with van der Waals surface area (Å²) in [5.41, 5.74) is -0.556. The average Bonchev–Trinajstić information content (AvgIpc) is 2.60. The van der Waals surface area contributed by atoms with Crippen LogP contribution in [-0.2, 0) is 46.3 Å². The fourth-order valence-electron chi connectivity index (χ4n) is 2.13. The Bertz CT molecular complexity index is 566. The van der Waals surface area contributed by atoms with Crippen molar-refractivity contribution in [1.29, 1.82) is 0 Å². The number of hydrogen-bond donors (Lipinski definition) is 0. The lowest BCUT2D eigenvalue weighted by Gasteiger charge is -2.31. The monoisotopic (exact) mass is 430 g/mol. The zero-order valence-electron chi connectivity index (χ0n) is 16.5. The molecule has 0 saturated carbocycles. The molecule has 0 bridgehead atoms. The Morgan fingerprint density at radius 3 is 1.41 bits per heavy atom. The van der Waals surface area contributed by atoms with Crippen molar-refractivity contribution in [2.45, 2.75) is 33.1 Å². The van der Waals surface area contributed by atoms with Gasteiger partial charge in [0.1, 0.15) is 0 Å². The lowest BCUT2D eigenvalue weighted by Crippen LogP contribution is -2.26. The number of hydrogen-bond acceptors (Lipinski definition) is 10. The van der Waals surface area contributed by atoms with Gasteiger partial charge in [-0.3, -0.25) is 9.13 Å². The summed E-state index contributed by atoms with van der Waals surface area (Å²) in [5, 5.41) is -1.84. The van der Waals surface area contributed by atoms with Crippen molar-refractivity contribution < 1.29 is 46.3 Å². The molecule has 0 aromatic carbocycles. The molecule has 0 aromatic rings. The highest BCUT2D eigenvalue weighted by Crippen LogP contribution is 2.72. The summed E-state index contributed by atoms with van der Waals surface area (Å²) in [6, 6.07) is 0. The summed E-state index contributed by atoms with van der Waals surface area (Å²) in [5.74, 6) is -2.04. The predicted octanol–water partition coefficient (Wildman–Crippen LogP) is 3.12. The Hall–Kier alpha value is -1.02. The molecule has 0 atom stereocenters. The van der Waals surface area contributed by atoms with Crippen molar-refractivity contribution >= 4 is 27.1 Å². The summed E-state index contributed by atoms with van der Waals surface area (Å²) in [4.78, 5) is 24.1. The van der Waals surface area contributed by atoms with Crippen LogP contribution in [0.2, 0.25) is 0 Å². The Morgan fingerprint density at radius 1 is 0.778 bits per heavy atom. The fraction of sp³-hybridized carbons (Fsp3) is 0.733. The second kappa shape index (κ2) is 12.4. The molecule has 12 heteroatoms. The second-order valence-electron chi connectivity index (χ2n) is 4.74. The van der Waals surface area contributed by atoms with E-state index in [0.717, 1.165) is 14.2 Å². The Kier molecular flexibility index (Phi) is 12.0. The predicted molar refractivity (Wildman–Crippen MR) is 97.6 cm³/mol. The van der Waals surface area contributed by atoms with E-state index in [1.807, 2.05) is 0 Å². The van der Waals surface area contributed by atoms with E-state index in [4.69, 9.17) is 18.1 Å². The summed E-state index contributed by atoms with van der Waals surface area (Å²) in [6.45, 7) is 5.82. The van der Waals surface area contributed by atoms with Gasteiger partial charge in [-0.25, -0.2) is 9.59 Å². The molecule has 0 fully saturated rings. The number of esters is 2. The highest BCUT2D eigenvalue weighted by atomic mass is 31.2. The van der Waals surface area contributed by atoms with Crippen LogP contribution in [-0.4, -0.2) is 58.0 Å². The van der Waals surface area contributed by atoms with Crippen LogP contribution in [0.5, 0.6) is 0 Å². The Morgan fingerprint density at radius 2 is 1.15 bits per heavy atom. The summed E-state index contributed by atoms with van der Waals surface area (Å²) < 4.78 is 57.2. The van der Waals surface area contributed by atoms with Gasteiger partial charge in [0.25, 0.3) is 0 Å². The third-order valence-electron chi connectivity index (χ3n) is 3.01. The first kappa shape index (κ1) is 26.0. The molecule has 27 heavy (non-hydrogen) atoms. The minimum atomic E-state index is -4.29. The number of carbonyl (C=O) groups is 2. The van der Waals surface area contributed by atoms with E-state index < -0.39 is 38.1 Å². The van der Waals surface area contributed by atoms with Crippen LogP contribution in [0.3, 0.4) is 0 Å². The Balaban J connectivity index is 6.81. The normalized spacial score (nSPS) is 12.9. The molecule has 0 spiro atoms. The quantitative estimate of drug-likeness (QED) is 0.244. The van der Waals surface area contributed by atoms with Gasteiger partial charge in [-0.15, -0.1) is 0 Å². The van der Waals surface area contributed by atoms with E-state index in [-0.39, 0.29) is 26.4 Å². The molecular formula is C15H28O10P2. The molecule has 0 aliphatic heterocycles. The first-order chi connectivity index (χ1) is 12.7. The van der Waals surface area contributed by atoms with Gasteiger partial charge in [0, 0.05) is 6.08 Å². The van der Waals surface area contributed by atoms with E-state index in [2.05, 4.69) is 9.47 Å². The molecule has 0 amide bonds. The molecule has 0 aliphatic rings. The summed E-state index contributed by atoms with van der Waals surface area (Å²) in [6.07, 6.45) is 0.714. The SMILES string of the molecule is CCOP(=O)(OCC)C(/C(=C/C(=O)OC)C(=O)OC)P(=O)(OCC)OCC. The molecular weight excluding hydrogens is 402 g/mol. The lowest BCUT2D eigenvalue weighted by molar-refractivity contribution is -0.138. The molecule has 158 valence electrons. The maximum absolute atomic E-state index is 13.5. The van der Waals surface area contributed by atoms with Crippen LogP contribution < -0.4 is 0 Å². The molecule has 0 radical (unpaired) electrons. The number of carbonyl (C=O) groups excluding carboxylic acids is 2. The molecule has 0 rings (SSSR count). The summed E-state index contributed by atoms with van der Waals surface area (Å²) in [7, 11) is -6.45. The van der Waals surface area contributed by atoms with Crippen molar-refractivity contribution in [2.75, 3.05) is 40.6 Å². The minimum Gasteiger partial charge on any atom is -0.466 e. The van der Waals surface area contributed by atoms with E-state index in [1.54, 1.807) is 0 Å². The third kappa shape index (κ3) is 7.14. The largest absolute Gasteiger partial charge is 0.466 e. The van der Waals surface area contributed by atoms with Crippen molar-refractivity contribution in [1.82, 2.24) is 0 Å². The number of ether oxygens (including phenoxy) is 2. The van der Waals surface area contributed by atoms with Crippen LogP contribution >= 0.6 is 15.2 Å². The van der Waals surface area contributed by atoms with E-state index in [9.17, 15) is 18.7 Å². The number of rotatable bonds is 13. The molecule has 0 saturated heterocycles. The molecule has 0 N–H and O–H groups in total. The third-order valence-corrected chi connectivity index (χ3v) is 8.93. The van der Waals surface area contributed by atoms with Crippen LogP contribution in [0.15, 0.2) is 11.6 Å². The molecule has 0 aromatic heterocycles. The maximum atomic E-state index is 13.5.